The van der Waals surface area contributed by atoms with Crippen LogP contribution in [0.5, 0.6) is 0 Å². The van der Waals surface area contributed by atoms with Crippen LogP contribution < -0.4 is 5.32 Å². The van der Waals surface area contributed by atoms with Crippen LogP contribution in [0.25, 0.3) is 0 Å². The summed E-state index contributed by atoms with van der Waals surface area (Å²) < 4.78 is 5.28. The van der Waals surface area contributed by atoms with E-state index < -0.39 is 0 Å². The highest BCUT2D eigenvalue weighted by atomic mass is 16.5. The van der Waals surface area contributed by atoms with Gasteiger partial charge in [-0.1, -0.05) is 24.9 Å². The lowest BCUT2D eigenvalue weighted by atomic mass is 10.1. The summed E-state index contributed by atoms with van der Waals surface area (Å²) in [4.78, 5) is 14.9. The molecule has 1 aromatic rings. The van der Waals surface area contributed by atoms with Crippen molar-refractivity contribution in [3.63, 3.8) is 0 Å². The largest absolute Gasteiger partial charge is 0.360 e. The molecule has 1 aromatic heterocycles. The van der Waals surface area contributed by atoms with Crippen LogP contribution in [-0.4, -0.2) is 41.1 Å². The third kappa shape index (κ3) is 2.78. The minimum atomic E-state index is -0.0826. The number of amides is 1. The van der Waals surface area contributed by atoms with E-state index in [9.17, 15) is 4.79 Å². The van der Waals surface area contributed by atoms with Gasteiger partial charge in [0.05, 0.1) is 0 Å². The summed E-state index contributed by atoms with van der Waals surface area (Å²) in [6.07, 6.45) is 7.67. The van der Waals surface area contributed by atoms with Crippen molar-refractivity contribution < 1.29 is 9.32 Å². The van der Waals surface area contributed by atoms with Gasteiger partial charge in [0.2, 0.25) is 0 Å². The van der Waals surface area contributed by atoms with E-state index in [1.165, 1.54) is 25.7 Å². The van der Waals surface area contributed by atoms with Gasteiger partial charge in [-0.3, -0.25) is 9.69 Å². The van der Waals surface area contributed by atoms with E-state index in [1.54, 1.807) is 0 Å². The monoisotopic (exact) mass is 303 g/mol. The molecule has 1 saturated heterocycles. The Labute approximate surface area is 131 Å². The molecule has 5 heteroatoms. The molecule has 2 atom stereocenters. The summed E-state index contributed by atoms with van der Waals surface area (Å²) >= 11 is 0. The van der Waals surface area contributed by atoms with Crippen LogP contribution in [0.2, 0.25) is 0 Å². The highest BCUT2D eigenvalue weighted by molar-refractivity contribution is 5.92. The summed E-state index contributed by atoms with van der Waals surface area (Å²) in [7, 11) is 0. The third-order valence-electron chi connectivity index (χ3n) is 5.54. The lowest BCUT2D eigenvalue weighted by molar-refractivity contribution is 0.0921. The maximum Gasteiger partial charge on any atom is 0.273 e. The molecule has 2 heterocycles. The molecule has 0 spiro atoms. The third-order valence-corrected chi connectivity index (χ3v) is 5.54. The maximum atomic E-state index is 12.4. The predicted molar refractivity (Wildman–Crippen MR) is 82.7 cm³/mol. The molecule has 5 nitrogen and oxygen atoms in total. The van der Waals surface area contributed by atoms with Crippen molar-refractivity contribution in [3.8, 4) is 0 Å². The smallest absolute Gasteiger partial charge is 0.273 e. The van der Waals surface area contributed by atoms with Crippen LogP contribution in [0.1, 0.15) is 67.6 Å². The first-order chi connectivity index (χ1) is 10.7. The van der Waals surface area contributed by atoms with Gasteiger partial charge in [-0.2, -0.15) is 0 Å². The molecular formula is C17H25N3O2. The van der Waals surface area contributed by atoms with Crippen LogP contribution in [0.4, 0.5) is 0 Å². The summed E-state index contributed by atoms with van der Waals surface area (Å²) in [5.74, 6) is 1.79. The molecule has 1 N–H and O–H groups in total. The summed E-state index contributed by atoms with van der Waals surface area (Å²) in [5.41, 5.74) is 0.438. The Bertz CT molecular complexity index is 546. The van der Waals surface area contributed by atoms with Crippen molar-refractivity contribution >= 4 is 5.91 Å². The van der Waals surface area contributed by atoms with Crippen molar-refractivity contribution in [2.24, 2.45) is 5.92 Å². The molecule has 3 aliphatic rings. The number of hydrogen-bond acceptors (Lipinski definition) is 4. The zero-order chi connectivity index (χ0) is 15.1. The van der Waals surface area contributed by atoms with Gasteiger partial charge in [0.25, 0.3) is 5.91 Å². The Morgan fingerprint density at radius 1 is 1.27 bits per heavy atom. The standard InChI is InChI=1S/C17H25N3O2/c1-11-9-20(13-4-2-3-5-13)10-15(11)18-17(21)14-8-16(22-19-14)12-6-7-12/h8,11-13,15H,2-7,9-10H2,1H3,(H,18,21)/t11-,15+/m1/s1. The Kier molecular flexibility index (Phi) is 3.68. The fourth-order valence-corrected chi connectivity index (χ4v) is 3.96. The summed E-state index contributed by atoms with van der Waals surface area (Å²) in [5, 5.41) is 7.11. The van der Waals surface area contributed by atoms with Crippen molar-refractivity contribution in [1.82, 2.24) is 15.4 Å². The Hall–Kier alpha value is -1.36. The minimum Gasteiger partial charge on any atom is -0.360 e. The fourth-order valence-electron chi connectivity index (χ4n) is 3.96. The highest BCUT2D eigenvalue weighted by Gasteiger charge is 2.36. The molecule has 120 valence electrons. The topological polar surface area (TPSA) is 58.4 Å². The van der Waals surface area contributed by atoms with Crippen molar-refractivity contribution in [2.75, 3.05) is 13.1 Å². The van der Waals surface area contributed by atoms with E-state index in [0.717, 1.165) is 37.7 Å². The minimum absolute atomic E-state index is 0.0826. The molecule has 0 unspecified atom stereocenters. The van der Waals surface area contributed by atoms with Gasteiger partial charge in [0.1, 0.15) is 5.76 Å². The van der Waals surface area contributed by atoms with E-state index in [1.807, 2.05) is 6.07 Å². The average molecular weight is 303 g/mol. The van der Waals surface area contributed by atoms with Crippen LogP contribution in [0.3, 0.4) is 0 Å². The van der Waals surface area contributed by atoms with Crippen LogP contribution >= 0.6 is 0 Å². The van der Waals surface area contributed by atoms with Crippen molar-refractivity contribution in [3.05, 3.63) is 17.5 Å². The SMILES string of the molecule is C[C@@H]1CN(C2CCCC2)C[C@@H]1NC(=O)c1cc(C2CC2)on1. The fraction of sp³-hybridized carbons (Fsp3) is 0.765. The number of carbonyl (C=O) groups is 1. The van der Waals surface area contributed by atoms with Gasteiger partial charge in [-0.25, -0.2) is 0 Å². The molecule has 4 rings (SSSR count). The number of likely N-dealkylation sites (tertiary alicyclic amines) is 1. The van der Waals surface area contributed by atoms with Crippen molar-refractivity contribution in [1.29, 1.82) is 0 Å². The van der Waals surface area contributed by atoms with Crippen LogP contribution in [0, 0.1) is 5.92 Å². The van der Waals surface area contributed by atoms with Crippen molar-refractivity contribution in [2.45, 2.75) is 63.5 Å². The molecule has 3 fully saturated rings. The number of aromatic nitrogens is 1. The first-order valence-corrected chi connectivity index (χ1v) is 8.72. The molecule has 0 bridgehead atoms. The molecule has 2 aliphatic carbocycles. The van der Waals surface area contributed by atoms with Crippen LogP contribution in [0.15, 0.2) is 10.6 Å². The Morgan fingerprint density at radius 3 is 2.77 bits per heavy atom. The first kappa shape index (κ1) is 14.2. The zero-order valence-corrected chi connectivity index (χ0v) is 13.3. The highest BCUT2D eigenvalue weighted by Crippen LogP contribution is 2.40. The lowest BCUT2D eigenvalue weighted by Crippen LogP contribution is -2.41. The zero-order valence-electron chi connectivity index (χ0n) is 13.3. The molecule has 0 aromatic carbocycles. The van der Waals surface area contributed by atoms with Gasteiger partial charge in [0.15, 0.2) is 5.69 Å². The summed E-state index contributed by atoms with van der Waals surface area (Å²) in [6.45, 7) is 4.31. The number of carbonyl (C=O) groups excluding carboxylic acids is 1. The quantitative estimate of drug-likeness (QED) is 0.928. The first-order valence-electron chi connectivity index (χ1n) is 8.72. The number of nitrogens with zero attached hydrogens (tertiary/aromatic N) is 2. The second kappa shape index (κ2) is 5.69. The average Bonchev–Trinajstić information content (AvgIpc) is 2.96. The van der Waals surface area contributed by atoms with E-state index in [0.29, 0.717) is 17.5 Å². The summed E-state index contributed by atoms with van der Waals surface area (Å²) in [6, 6.07) is 2.79. The Balaban J connectivity index is 1.36. The molecule has 1 amide bonds. The van der Waals surface area contributed by atoms with Gasteiger partial charge in [-0.15, -0.1) is 0 Å². The molecule has 1 aliphatic heterocycles. The second-order valence-electron chi connectivity index (χ2n) is 7.34. The number of rotatable bonds is 4. The number of hydrogen-bond donors (Lipinski definition) is 1. The predicted octanol–water partition coefficient (Wildman–Crippen LogP) is 2.54. The number of nitrogens with one attached hydrogen (secondary N) is 1. The van der Waals surface area contributed by atoms with Gasteiger partial charge < -0.3 is 9.84 Å². The maximum absolute atomic E-state index is 12.4. The van der Waals surface area contributed by atoms with Gasteiger partial charge in [-0.05, 0) is 31.6 Å². The normalized spacial score (nSPS) is 30.0. The molecule has 2 saturated carbocycles. The lowest BCUT2D eigenvalue weighted by Gasteiger charge is -2.23. The molecule has 22 heavy (non-hydrogen) atoms. The van der Waals surface area contributed by atoms with E-state index in [-0.39, 0.29) is 11.9 Å². The van der Waals surface area contributed by atoms with E-state index in [2.05, 4.69) is 22.3 Å². The van der Waals surface area contributed by atoms with Crippen LogP contribution in [-0.2, 0) is 0 Å². The van der Waals surface area contributed by atoms with E-state index >= 15 is 0 Å². The van der Waals surface area contributed by atoms with Gasteiger partial charge in [0, 0.05) is 37.2 Å². The Morgan fingerprint density at radius 2 is 2.05 bits per heavy atom. The van der Waals surface area contributed by atoms with Gasteiger partial charge >= 0.3 is 0 Å². The van der Waals surface area contributed by atoms with E-state index in [4.69, 9.17) is 4.52 Å². The second-order valence-corrected chi connectivity index (χ2v) is 7.34. The molecule has 0 radical (unpaired) electrons. The molecular weight excluding hydrogens is 278 g/mol.